The molecule has 0 saturated carbocycles. The predicted molar refractivity (Wildman–Crippen MR) is 135 cm³/mol. The Morgan fingerprint density at radius 2 is 1.74 bits per heavy atom. The molecule has 0 radical (unpaired) electrons. The van der Waals surface area contributed by atoms with E-state index in [0.717, 1.165) is 25.4 Å². The van der Waals surface area contributed by atoms with Crippen molar-refractivity contribution in [3.63, 3.8) is 0 Å². The third kappa shape index (κ3) is 5.95. The monoisotopic (exact) mass is 472 g/mol. The molecule has 6 heteroatoms. The molecular weight excluding hydrogens is 440 g/mol. The first-order valence-electron chi connectivity index (χ1n) is 12.3. The quantitative estimate of drug-likeness (QED) is 0.500. The molecule has 0 aliphatic carbocycles. The summed E-state index contributed by atoms with van der Waals surface area (Å²) in [6, 6.07) is 24.4. The average molecular weight is 473 g/mol. The SMILES string of the molecule is C[C@H](CNC(=O)c1ccc2c(c1)OCO2)Oc1ccc(CN2CCC(c3ccccc3)CC2)cc1. The molecule has 6 nitrogen and oxygen atoms in total. The van der Waals surface area contributed by atoms with Crippen LogP contribution in [0.25, 0.3) is 0 Å². The van der Waals surface area contributed by atoms with E-state index in [9.17, 15) is 4.79 Å². The number of rotatable bonds is 8. The minimum atomic E-state index is -0.162. The number of benzene rings is 3. The molecule has 1 N–H and O–H groups in total. The minimum absolute atomic E-state index is 0.157. The summed E-state index contributed by atoms with van der Waals surface area (Å²) in [6.45, 7) is 5.76. The van der Waals surface area contributed by atoms with E-state index in [1.54, 1.807) is 18.2 Å². The molecule has 0 unspecified atom stereocenters. The zero-order valence-corrected chi connectivity index (χ0v) is 20.1. The molecule has 1 fully saturated rings. The van der Waals surface area contributed by atoms with Crippen molar-refractivity contribution < 1.29 is 19.0 Å². The third-order valence-corrected chi connectivity index (χ3v) is 6.71. The Labute approximate surface area is 206 Å². The van der Waals surface area contributed by atoms with Crippen molar-refractivity contribution in [1.82, 2.24) is 10.2 Å². The zero-order valence-electron chi connectivity index (χ0n) is 20.1. The van der Waals surface area contributed by atoms with E-state index in [1.165, 1.54) is 24.0 Å². The Kier molecular flexibility index (Phi) is 7.19. The van der Waals surface area contributed by atoms with E-state index in [2.05, 4.69) is 52.7 Å². The molecule has 2 aliphatic heterocycles. The molecule has 2 aliphatic rings. The number of fused-ring (bicyclic) bond motifs is 1. The van der Waals surface area contributed by atoms with E-state index in [0.29, 0.717) is 29.5 Å². The molecule has 1 amide bonds. The number of nitrogens with one attached hydrogen (secondary N) is 1. The van der Waals surface area contributed by atoms with Crippen LogP contribution >= 0.6 is 0 Å². The lowest BCUT2D eigenvalue weighted by Gasteiger charge is -2.32. The van der Waals surface area contributed by atoms with Gasteiger partial charge >= 0.3 is 0 Å². The van der Waals surface area contributed by atoms with Gasteiger partial charge in [0.25, 0.3) is 5.91 Å². The second kappa shape index (κ2) is 10.8. The molecule has 1 saturated heterocycles. The van der Waals surface area contributed by atoms with Gasteiger partial charge < -0.3 is 19.5 Å². The summed E-state index contributed by atoms with van der Waals surface area (Å²) in [4.78, 5) is 15.0. The van der Waals surface area contributed by atoms with Crippen molar-refractivity contribution in [3.05, 3.63) is 89.5 Å². The van der Waals surface area contributed by atoms with Crippen molar-refractivity contribution in [2.75, 3.05) is 26.4 Å². The largest absolute Gasteiger partial charge is 0.489 e. The molecule has 2 heterocycles. The zero-order chi connectivity index (χ0) is 24.0. The van der Waals surface area contributed by atoms with E-state index in [4.69, 9.17) is 14.2 Å². The number of hydrogen-bond acceptors (Lipinski definition) is 5. The molecule has 0 bridgehead atoms. The normalized spacial score (nSPS) is 16.6. The van der Waals surface area contributed by atoms with Crippen molar-refractivity contribution >= 4 is 5.91 Å². The van der Waals surface area contributed by atoms with Crippen LogP contribution < -0.4 is 19.5 Å². The van der Waals surface area contributed by atoms with Crippen LogP contribution in [0.2, 0.25) is 0 Å². The Morgan fingerprint density at radius 1 is 1.00 bits per heavy atom. The molecule has 3 aromatic rings. The van der Waals surface area contributed by atoms with Gasteiger partial charge in [-0.1, -0.05) is 42.5 Å². The van der Waals surface area contributed by atoms with Crippen LogP contribution in [0.4, 0.5) is 0 Å². The highest BCUT2D eigenvalue weighted by Crippen LogP contribution is 2.32. The number of carbonyl (C=O) groups excluding carboxylic acids is 1. The van der Waals surface area contributed by atoms with Crippen LogP contribution in [-0.4, -0.2) is 43.3 Å². The van der Waals surface area contributed by atoms with Crippen molar-refractivity contribution in [3.8, 4) is 17.2 Å². The summed E-state index contributed by atoms with van der Waals surface area (Å²) in [5, 5.41) is 2.92. The summed E-state index contributed by atoms with van der Waals surface area (Å²) >= 11 is 0. The predicted octanol–water partition coefficient (Wildman–Crippen LogP) is 4.99. The second-order valence-electron chi connectivity index (χ2n) is 9.31. The third-order valence-electron chi connectivity index (χ3n) is 6.71. The summed E-state index contributed by atoms with van der Waals surface area (Å²) in [7, 11) is 0. The number of carbonyl (C=O) groups is 1. The van der Waals surface area contributed by atoms with Gasteiger partial charge in [0.1, 0.15) is 11.9 Å². The van der Waals surface area contributed by atoms with Crippen LogP contribution in [-0.2, 0) is 6.54 Å². The van der Waals surface area contributed by atoms with Crippen LogP contribution in [0, 0.1) is 0 Å². The number of likely N-dealkylation sites (tertiary alicyclic amines) is 1. The number of hydrogen-bond donors (Lipinski definition) is 1. The molecular formula is C29H32N2O4. The fourth-order valence-corrected chi connectivity index (χ4v) is 4.73. The van der Waals surface area contributed by atoms with Gasteiger partial charge in [-0.05, 0) is 80.2 Å². The van der Waals surface area contributed by atoms with Gasteiger partial charge in [-0.2, -0.15) is 0 Å². The van der Waals surface area contributed by atoms with Gasteiger partial charge in [0.2, 0.25) is 6.79 Å². The molecule has 1 atom stereocenters. The van der Waals surface area contributed by atoms with E-state index < -0.39 is 0 Å². The van der Waals surface area contributed by atoms with Crippen molar-refractivity contribution in [2.45, 2.75) is 38.3 Å². The van der Waals surface area contributed by atoms with Crippen molar-refractivity contribution in [1.29, 1.82) is 0 Å². The van der Waals surface area contributed by atoms with Gasteiger partial charge in [-0.15, -0.1) is 0 Å². The van der Waals surface area contributed by atoms with E-state index >= 15 is 0 Å². The highest BCUT2D eigenvalue weighted by molar-refractivity contribution is 5.94. The summed E-state index contributed by atoms with van der Waals surface area (Å²) in [5.41, 5.74) is 3.30. The molecule has 182 valence electrons. The maximum Gasteiger partial charge on any atom is 0.251 e. The Bertz CT molecular complexity index is 1130. The lowest BCUT2D eigenvalue weighted by molar-refractivity contribution is 0.0931. The topological polar surface area (TPSA) is 60.0 Å². The summed E-state index contributed by atoms with van der Waals surface area (Å²) < 4.78 is 16.6. The molecule has 3 aromatic carbocycles. The smallest absolute Gasteiger partial charge is 0.251 e. The first kappa shape index (κ1) is 23.2. The molecule has 0 aromatic heterocycles. The first-order chi connectivity index (χ1) is 17.1. The van der Waals surface area contributed by atoms with Gasteiger partial charge in [0.05, 0.1) is 6.54 Å². The van der Waals surface area contributed by atoms with Crippen LogP contribution in [0.15, 0.2) is 72.8 Å². The maximum absolute atomic E-state index is 12.5. The van der Waals surface area contributed by atoms with Gasteiger partial charge in [-0.3, -0.25) is 9.69 Å². The lowest BCUT2D eigenvalue weighted by Crippen LogP contribution is -2.33. The van der Waals surface area contributed by atoms with E-state index in [1.807, 2.05) is 19.1 Å². The minimum Gasteiger partial charge on any atom is -0.489 e. The van der Waals surface area contributed by atoms with Crippen LogP contribution in [0.1, 0.15) is 47.2 Å². The van der Waals surface area contributed by atoms with E-state index in [-0.39, 0.29) is 18.8 Å². The van der Waals surface area contributed by atoms with Crippen LogP contribution in [0.5, 0.6) is 17.2 Å². The summed E-state index contributed by atoms with van der Waals surface area (Å²) in [6.07, 6.45) is 2.26. The highest BCUT2D eigenvalue weighted by atomic mass is 16.7. The molecule has 35 heavy (non-hydrogen) atoms. The lowest BCUT2D eigenvalue weighted by atomic mass is 9.89. The van der Waals surface area contributed by atoms with Gasteiger partial charge in [0, 0.05) is 12.1 Å². The van der Waals surface area contributed by atoms with Gasteiger partial charge in [-0.25, -0.2) is 0 Å². The Hall–Kier alpha value is -3.51. The highest BCUT2D eigenvalue weighted by Gasteiger charge is 2.20. The van der Waals surface area contributed by atoms with Crippen molar-refractivity contribution in [2.24, 2.45) is 0 Å². The average Bonchev–Trinajstić information content (AvgIpc) is 3.37. The number of amides is 1. The first-order valence-corrected chi connectivity index (χ1v) is 12.3. The molecule has 5 rings (SSSR count). The fourth-order valence-electron chi connectivity index (χ4n) is 4.73. The summed E-state index contributed by atoms with van der Waals surface area (Å²) in [5.74, 6) is 2.59. The number of piperidine rings is 1. The maximum atomic E-state index is 12.5. The Balaban J connectivity index is 1.05. The Morgan fingerprint density at radius 3 is 2.51 bits per heavy atom. The number of nitrogens with zero attached hydrogens (tertiary/aromatic N) is 1. The fraction of sp³-hybridized carbons (Fsp3) is 0.345. The standard InChI is InChI=1S/C29H32N2O4/c1-21(18-30-29(32)25-9-12-27-28(17-25)34-20-33-27)35-26-10-7-22(8-11-26)19-31-15-13-24(14-16-31)23-5-3-2-4-6-23/h2-12,17,21,24H,13-16,18-20H2,1H3,(H,30,32)/t21-/m1/s1. The number of ether oxygens (including phenoxy) is 3. The van der Waals surface area contributed by atoms with Gasteiger partial charge in [0.15, 0.2) is 11.5 Å². The molecule has 0 spiro atoms. The van der Waals surface area contributed by atoms with Crippen LogP contribution in [0.3, 0.4) is 0 Å². The second-order valence-corrected chi connectivity index (χ2v) is 9.31.